The van der Waals surface area contributed by atoms with E-state index >= 15 is 0 Å². The number of amides is 2. The van der Waals surface area contributed by atoms with E-state index in [0.29, 0.717) is 22.5 Å². The van der Waals surface area contributed by atoms with Crippen molar-refractivity contribution in [2.75, 3.05) is 10.2 Å². The van der Waals surface area contributed by atoms with Crippen LogP contribution in [0.1, 0.15) is 24.1 Å². The maximum absolute atomic E-state index is 13.1. The summed E-state index contributed by atoms with van der Waals surface area (Å²) >= 11 is 3.40. The van der Waals surface area contributed by atoms with Crippen LogP contribution in [0.15, 0.2) is 88.9 Å². The monoisotopic (exact) mass is 490 g/mol. The minimum absolute atomic E-state index is 0.0226. The Morgan fingerprint density at radius 1 is 0.938 bits per heavy atom. The number of nitrogens with zero attached hydrogens (tertiary/aromatic N) is 1. The van der Waals surface area contributed by atoms with Gasteiger partial charge in [0.05, 0.1) is 11.6 Å². The highest BCUT2D eigenvalue weighted by Gasteiger charge is 2.46. The van der Waals surface area contributed by atoms with Crippen molar-refractivity contribution in [1.82, 2.24) is 0 Å². The Morgan fingerprint density at radius 3 is 2.16 bits per heavy atom. The number of ketones is 1. The maximum Gasteiger partial charge on any atom is 0.300 e. The molecule has 0 radical (unpaired) electrons. The van der Waals surface area contributed by atoms with Gasteiger partial charge in [-0.05, 0) is 42.0 Å². The molecule has 4 rings (SSSR count). The summed E-state index contributed by atoms with van der Waals surface area (Å²) in [6.07, 6.45) is 0. The summed E-state index contributed by atoms with van der Waals surface area (Å²) in [5.41, 5.74) is 2.20. The van der Waals surface area contributed by atoms with Crippen LogP contribution < -0.4 is 10.2 Å². The van der Waals surface area contributed by atoms with Crippen LogP contribution in [0.5, 0.6) is 0 Å². The summed E-state index contributed by atoms with van der Waals surface area (Å²) in [7, 11) is 0. The lowest BCUT2D eigenvalue weighted by Crippen LogP contribution is -2.29. The third-order valence-electron chi connectivity index (χ3n) is 5.14. The molecule has 1 atom stereocenters. The zero-order valence-corrected chi connectivity index (χ0v) is 18.7. The lowest BCUT2D eigenvalue weighted by atomic mass is 9.95. The molecule has 1 heterocycles. The molecular weight excluding hydrogens is 472 g/mol. The van der Waals surface area contributed by atoms with E-state index in [1.165, 1.54) is 11.8 Å². The van der Waals surface area contributed by atoms with Crippen molar-refractivity contribution in [3.63, 3.8) is 0 Å². The van der Waals surface area contributed by atoms with Crippen molar-refractivity contribution in [3.8, 4) is 0 Å². The van der Waals surface area contributed by atoms with Gasteiger partial charge in [-0.1, -0.05) is 58.4 Å². The van der Waals surface area contributed by atoms with Crippen molar-refractivity contribution in [1.29, 1.82) is 0 Å². The first-order chi connectivity index (χ1) is 15.4. The average molecular weight is 491 g/mol. The molecule has 0 aliphatic carbocycles. The van der Waals surface area contributed by atoms with Gasteiger partial charge in [-0.3, -0.25) is 19.3 Å². The maximum atomic E-state index is 13.1. The van der Waals surface area contributed by atoms with Gasteiger partial charge in [0.2, 0.25) is 5.91 Å². The number of anilines is 2. The predicted octanol–water partition coefficient (Wildman–Crippen LogP) is 5.03. The molecule has 1 saturated heterocycles. The second-order valence-corrected chi connectivity index (χ2v) is 8.23. The molecule has 0 bridgehead atoms. The number of halogens is 1. The largest absolute Gasteiger partial charge is 0.507 e. The first-order valence-electron chi connectivity index (χ1n) is 9.86. The molecule has 3 aromatic rings. The van der Waals surface area contributed by atoms with Crippen LogP contribution >= 0.6 is 15.9 Å². The number of hydrogen-bond acceptors (Lipinski definition) is 4. The highest BCUT2D eigenvalue weighted by molar-refractivity contribution is 9.10. The van der Waals surface area contributed by atoms with E-state index in [2.05, 4.69) is 21.2 Å². The van der Waals surface area contributed by atoms with Gasteiger partial charge in [-0.25, -0.2) is 0 Å². The lowest BCUT2D eigenvalue weighted by molar-refractivity contribution is -0.132. The van der Waals surface area contributed by atoms with E-state index in [0.717, 1.165) is 4.47 Å². The molecule has 0 spiro atoms. The van der Waals surface area contributed by atoms with E-state index in [1.807, 2.05) is 12.1 Å². The summed E-state index contributed by atoms with van der Waals surface area (Å²) in [6.45, 7) is 1.41. The fourth-order valence-corrected chi connectivity index (χ4v) is 3.98. The molecule has 0 saturated carbocycles. The van der Waals surface area contributed by atoms with Gasteiger partial charge in [0.1, 0.15) is 5.76 Å². The van der Waals surface area contributed by atoms with Crippen molar-refractivity contribution >= 4 is 50.7 Å². The Labute approximate surface area is 193 Å². The number of carbonyl (C=O) groups excluding carboxylic acids is 3. The molecule has 3 aromatic carbocycles. The van der Waals surface area contributed by atoms with Crippen LogP contribution in [-0.4, -0.2) is 22.7 Å². The van der Waals surface area contributed by atoms with E-state index in [9.17, 15) is 19.5 Å². The Balaban J connectivity index is 1.87. The first-order valence-corrected chi connectivity index (χ1v) is 10.7. The summed E-state index contributed by atoms with van der Waals surface area (Å²) < 4.78 is 0.848. The molecule has 2 N–H and O–H groups in total. The predicted molar refractivity (Wildman–Crippen MR) is 126 cm³/mol. The fraction of sp³-hybridized carbons (Fsp3) is 0.0800. The Hall–Kier alpha value is -3.71. The Bertz CT molecular complexity index is 1220. The number of hydrogen-bond donors (Lipinski definition) is 2. The summed E-state index contributed by atoms with van der Waals surface area (Å²) in [4.78, 5) is 38.9. The minimum Gasteiger partial charge on any atom is -0.507 e. The first kappa shape index (κ1) is 21.5. The van der Waals surface area contributed by atoms with Gasteiger partial charge in [0.25, 0.3) is 11.7 Å². The van der Waals surface area contributed by atoms with Crippen molar-refractivity contribution in [2.45, 2.75) is 13.0 Å². The number of Topliss-reactive ketones (excluding diaryl/α,β-unsaturated/α-hetero) is 1. The molecule has 1 aliphatic rings. The fourth-order valence-electron chi connectivity index (χ4n) is 3.72. The standard InChI is InChI=1S/C25H19BrN2O4/c1-15(29)27-19-11-13-20(14-12-19)28-22(16-7-9-18(26)10-8-16)21(24(31)25(28)32)23(30)17-5-3-2-4-6-17/h2-14,22,30H,1H3,(H,27,29)/b23-21+. The number of aliphatic hydroxyl groups excluding tert-OH is 1. The summed E-state index contributed by atoms with van der Waals surface area (Å²) in [5.74, 6) is -1.93. The van der Waals surface area contributed by atoms with Crippen LogP contribution in [0.3, 0.4) is 0 Å². The van der Waals surface area contributed by atoms with Gasteiger partial charge in [-0.15, -0.1) is 0 Å². The second kappa shape index (κ2) is 8.80. The molecule has 160 valence electrons. The van der Waals surface area contributed by atoms with Crippen LogP contribution in [0.4, 0.5) is 11.4 Å². The van der Waals surface area contributed by atoms with E-state index < -0.39 is 17.7 Å². The highest BCUT2D eigenvalue weighted by Crippen LogP contribution is 2.42. The van der Waals surface area contributed by atoms with Gasteiger partial charge >= 0.3 is 0 Å². The Morgan fingerprint density at radius 2 is 1.56 bits per heavy atom. The highest BCUT2D eigenvalue weighted by atomic mass is 79.9. The summed E-state index contributed by atoms with van der Waals surface area (Å²) in [6, 6.07) is 21.7. The van der Waals surface area contributed by atoms with Gasteiger partial charge < -0.3 is 10.4 Å². The molecule has 0 aromatic heterocycles. The summed E-state index contributed by atoms with van der Waals surface area (Å²) in [5, 5.41) is 13.7. The smallest absolute Gasteiger partial charge is 0.300 e. The van der Waals surface area contributed by atoms with E-state index in [-0.39, 0.29) is 17.2 Å². The van der Waals surface area contributed by atoms with Crippen LogP contribution in [0.2, 0.25) is 0 Å². The topological polar surface area (TPSA) is 86.7 Å². The molecule has 32 heavy (non-hydrogen) atoms. The normalized spacial score (nSPS) is 17.4. The number of aliphatic hydroxyl groups is 1. The SMILES string of the molecule is CC(=O)Nc1ccc(N2C(=O)C(=O)/C(=C(/O)c3ccccc3)C2c2ccc(Br)cc2)cc1. The number of rotatable bonds is 4. The van der Waals surface area contributed by atoms with Crippen LogP contribution in [0, 0.1) is 0 Å². The molecule has 7 heteroatoms. The molecular formula is C25H19BrN2O4. The third-order valence-corrected chi connectivity index (χ3v) is 5.67. The van der Waals surface area contributed by atoms with E-state index in [4.69, 9.17) is 0 Å². The molecule has 6 nitrogen and oxygen atoms in total. The number of benzene rings is 3. The second-order valence-electron chi connectivity index (χ2n) is 7.31. The lowest BCUT2D eigenvalue weighted by Gasteiger charge is -2.25. The van der Waals surface area contributed by atoms with Crippen LogP contribution in [0.25, 0.3) is 5.76 Å². The van der Waals surface area contributed by atoms with Crippen molar-refractivity contribution in [3.05, 3.63) is 100 Å². The zero-order valence-electron chi connectivity index (χ0n) is 17.1. The quantitative estimate of drug-likeness (QED) is 0.305. The van der Waals surface area contributed by atoms with E-state index in [1.54, 1.807) is 66.7 Å². The third kappa shape index (κ3) is 4.07. The molecule has 1 aliphatic heterocycles. The van der Waals surface area contributed by atoms with Crippen LogP contribution in [-0.2, 0) is 14.4 Å². The van der Waals surface area contributed by atoms with Gasteiger partial charge in [-0.2, -0.15) is 0 Å². The number of nitrogens with one attached hydrogen (secondary N) is 1. The zero-order chi connectivity index (χ0) is 22.8. The molecule has 2 amide bonds. The van der Waals surface area contributed by atoms with Gasteiger partial charge in [0, 0.05) is 28.3 Å². The average Bonchev–Trinajstić information content (AvgIpc) is 3.05. The molecule has 1 fully saturated rings. The van der Waals surface area contributed by atoms with Crippen molar-refractivity contribution < 1.29 is 19.5 Å². The van der Waals surface area contributed by atoms with Crippen molar-refractivity contribution in [2.24, 2.45) is 0 Å². The number of carbonyl (C=O) groups is 3. The Kier molecular flexibility index (Phi) is 5.92. The minimum atomic E-state index is -0.810. The van der Waals surface area contributed by atoms with Gasteiger partial charge in [0.15, 0.2) is 0 Å². The molecule has 1 unspecified atom stereocenters.